The zero-order valence-electron chi connectivity index (χ0n) is 31.9. The summed E-state index contributed by atoms with van der Waals surface area (Å²) in [4.78, 5) is 0. The zero-order valence-corrected chi connectivity index (χ0v) is 31.9. The SMILES string of the molecule is c1ccc(C2(c3ccccc3)c3ccccc3-c3c(Nc4ccc(-c5ccc(-c6ccc7cc(-c8ccc9ccccc9c8)ccc7c6)cc5)cc4)cccc32)cc1. The highest BCUT2D eigenvalue weighted by atomic mass is 14.9. The molecule has 11 rings (SSSR count). The normalized spacial score (nSPS) is 12.6. The van der Waals surface area contributed by atoms with Gasteiger partial charge in [0.25, 0.3) is 0 Å². The molecule has 0 fully saturated rings. The monoisotopic (exact) mass is 737 g/mol. The minimum absolute atomic E-state index is 0.420. The topological polar surface area (TPSA) is 12.0 Å². The Bertz CT molecular complexity index is 3070. The van der Waals surface area contributed by atoms with E-state index in [1.54, 1.807) is 0 Å². The summed E-state index contributed by atoms with van der Waals surface area (Å²) in [6.07, 6.45) is 0. The molecule has 0 spiro atoms. The second kappa shape index (κ2) is 13.9. The van der Waals surface area contributed by atoms with Crippen LogP contribution in [0.5, 0.6) is 0 Å². The number of rotatable bonds is 7. The van der Waals surface area contributed by atoms with Crippen LogP contribution in [-0.2, 0) is 5.41 Å². The van der Waals surface area contributed by atoms with Gasteiger partial charge in [-0.1, -0.05) is 194 Å². The quantitative estimate of drug-likeness (QED) is 0.172. The first kappa shape index (κ1) is 33.8. The smallest absolute Gasteiger partial charge is 0.0714 e. The van der Waals surface area contributed by atoms with E-state index < -0.39 is 5.41 Å². The van der Waals surface area contributed by atoms with E-state index in [-0.39, 0.29) is 0 Å². The molecular weight excluding hydrogens is 699 g/mol. The van der Waals surface area contributed by atoms with Crippen LogP contribution in [0.3, 0.4) is 0 Å². The minimum atomic E-state index is -0.420. The molecule has 0 unspecified atom stereocenters. The van der Waals surface area contributed by atoms with Crippen molar-refractivity contribution in [2.75, 3.05) is 5.32 Å². The molecule has 0 bridgehead atoms. The summed E-state index contributed by atoms with van der Waals surface area (Å²) in [6, 6.07) is 84.2. The Hall–Kier alpha value is -7.48. The van der Waals surface area contributed by atoms with Crippen LogP contribution in [0.1, 0.15) is 22.3 Å². The highest BCUT2D eigenvalue weighted by Crippen LogP contribution is 2.58. The first-order valence-corrected chi connectivity index (χ1v) is 20.1. The summed E-state index contributed by atoms with van der Waals surface area (Å²) < 4.78 is 0. The molecule has 1 nitrogen and oxygen atoms in total. The van der Waals surface area contributed by atoms with E-state index in [1.165, 1.54) is 88.3 Å². The molecular formula is C57H39N. The molecule has 1 heteroatoms. The summed E-state index contributed by atoms with van der Waals surface area (Å²) in [6.45, 7) is 0. The van der Waals surface area contributed by atoms with Gasteiger partial charge in [-0.2, -0.15) is 0 Å². The summed E-state index contributed by atoms with van der Waals surface area (Å²) in [5, 5.41) is 8.85. The van der Waals surface area contributed by atoms with Gasteiger partial charge in [0, 0.05) is 16.9 Å². The number of fused-ring (bicyclic) bond motifs is 5. The van der Waals surface area contributed by atoms with E-state index in [0.29, 0.717) is 0 Å². The van der Waals surface area contributed by atoms with Crippen molar-refractivity contribution in [1.29, 1.82) is 0 Å². The summed E-state index contributed by atoms with van der Waals surface area (Å²) in [5.74, 6) is 0. The predicted molar refractivity (Wildman–Crippen MR) is 245 cm³/mol. The fourth-order valence-corrected chi connectivity index (χ4v) is 9.33. The lowest BCUT2D eigenvalue weighted by Gasteiger charge is -2.33. The van der Waals surface area contributed by atoms with Crippen molar-refractivity contribution in [1.82, 2.24) is 0 Å². The van der Waals surface area contributed by atoms with Crippen LogP contribution in [0.2, 0.25) is 0 Å². The Morgan fingerprint density at radius 1 is 0.293 bits per heavy atom. The molecule has 0 radical (unpaired) electrons. The molecule has 1 aliphatic carbocycles. The third kappa shape index (κ3) is 5.63. The molecule has 0 saturated carbocycles. The summed E-state index contributed by atoms with van der Waals surface area (Å²) in [7, 11) is 0. The van der Waals surface area contributed by atoms with Gasteiger partial charge < -0.3 is 5.32 Å². The van der Waals surface area contributed by atoms with Crippen LogP contribution in [0, 0.1) is 0 Å². The number of nitrogens with one attached hydrogen (secondary N) is 1. The van der Waals surface area contributed by atoms with Crippen molar-refractivity contribution in [2.45, 2.75) is 5.41 Å². The first-order chi connectivity index (χ1) is 28.7. The fraction of sp³-hybridized carbons (Fsp3) is 0.0175. The molecule has 272 valence electrons. The minimum Gasteiger partial charge on any atom is -0.355 e. The standard InChI is InChI=1S/C57H39N/c1-3-14-49(15-4-1)57(50-16-5-2-6-17-50)53-19-10-9-18-52(53)56-54(57)20-11-21-55(56)58-51-34-32-41(33-35-51)40-22-24-42(25-23-40)44-28-29-47-38-48(31-30-46(47)37-44)45-27-26-39-12-7-8-13-43(39)36-45/h1-38,58H. The van der Waals surface area contributed by atoms with Gasteiger partial charge in [0.2, 0.25) is 0 Å². The molecule has 0 aliphatic heterocycles. The van der Waals surface area contributed by atoms with Gasteiger partial charge in [0.1, 0.15) is 0 Å². The number of hydrogen-bond acceptors (Lipinski definition) is 1. The molecule has 0 amide bonds. The van der Waals surface area contributed by atoms with E-state index in [4.69, 9.17) is 0 Å². The van der Waals surface area contributed by atoms with Gasteiger partial charge in [-0.25, -0.2) is 0 Å². The van der Waals surface area contributed by atoms with Crippen molar-refractivity contribution in [3.8, 4) is 44.5 Å². The van der Waals surface area contributed by atoms with Crippen LogP contribution in [0.15, 0.2) is 231 Å². The largest absolute Gasteiger partial charge is 0.355 e. The second-order valence-electron chi connectivity index (χ2n) is 15.4. The maximum Gasteiger partial charge on any atom is 0.0714 e. The van der Waals surface area contributed by atoms with Crippen LogP contribution in [0.4, 0.5) is 11.4 Å². The van der Waals surface area contributed by atoms with Gasteiger partial charge in [-0.15, -0.1) is 0 Å². The average molecular weight is 738 g/mol. The molecule has 0 heterocycles. The van der Waals surface area contributed by atoms with Gasteiger partial charge in [0.05, 0.1) is 5.41 Å². The predicted octanol–water partition coefficient (Wildman–Crippen LogP) is 15.1. The Balaban J connectivity index is 0.864. The van der Waals surface area contributed by atoms with Crippen LogP contribution >= 0.6 is 0 Å². The first-order valence-electron chi connectivity index (χ1n) is 20.1. The molecule has 0 aromatic heterocycles. The lowest BCUT2D eigenvalue weighted by atomic mass is 9.68. The maximum absolute atomic E-state index is 3.83. The van der Waals surface area contributed by atoms with Crippen molar-refractivity contribution in [3.05, 3.63) is 253 Å². The molecule has 0 saturated heterocycles. The average Bonchev–Trinajstić information content (AvgIpc) is 3.61. The number of anilines is 2. The highest BCUT2D eigenvalue weighted by molar-refractivity contribution is 5.95. The van der Waals surface area contributed by atoms with Crippen LogP contribution in [0.25, 0.3) is 66.1 Å². The summed E-state index contributed by atoms with van der Waals surface area (Å²) >= 11 is 0. The maximum atomic E-state index is 3.83. The lowest BCUT2D eigenvalue weighted by Crippen LogP contribution is -2.28. The Morgan fingerprint density at radius 2 is 0.724 bits per heavy atom. The van der Waals surface area contributed by atoms with Gasteiger partial charge in [-0.3, -0.25) is 0 Å². The molecule has 10 aromatic carbocycles. The van der Waals surface area contributed by atoms with Gasteiger partial charge in [0.15, 0.2) is 0 Å². The van der Waals surface area contributed by atoms with Crippen LogP contribution in [-0.4, -0.2) is 0 Å². The Morgan fingerprint density at radius 3 is 1.34 bits per heavy atom. The lowest BCUT2D eigenvalue weighted by molar-refractivity contribution is 0.768. The van der Waals surface area contributed by atoms with E-state index >= 15 is 0 Å². The fourth-order valence-electron chi connectivity index (χ4n) is 9.33. The van der Waals surface area contributed by atoms with E-state index in [2.05, 4.69) is 236 Å². The third-order valence-corrected chi connectivity index (χ3v) is 12.1. The number of benzene rings is 10. The van der Waals surface area contributed by atoms with Crippen molar-refractivity contribution < 1.29 is 0 Å². The zero-order chi connectivity index (χ0) is 38.5. The van der Waals surface area contributed by atoms with E-state index in [0.717, 1.165) is 11.4 Å². The second-order valence-corrected chi connectivity index (χ2v) is 15.4. The Labute approximate surface area is 339 Å². The molecule has 0 atom stereocenters. The van der Waals surface area contributed by atoms with Crippen molar-refractivity contribution >= 4 is 32.9 Å². The van der Waals surface area contributed by atoms with Crippen molar-refractivity contribution in [3.63, 3.8) is 0 Å². The van der Waals surface area contributed by atoms with Crippen LogP contribution < -0.4 is 5.32 Å². The molecule has 1 aliphatic rings. The molecule has 10 aromatic rings. The third-order valence-electron chi connectivity index (χ3n) is 12.1. The van der Waals surface area contributed by atoms with Gasteiger partial charge in [-0.05, 0) is 119 Å². The highest BCUT2D eigenvalue weighted by Gasteiger charge is 2.46. The number of hydrogen-bond donors (Lipinski definition) is 1. The Kier molecular flexibility index (Phi) is 8.12. The van der Waals surface area contributed by atoms with Crippen molar-refractivity contribution in [2.24, 2.45) is 0 Å². The molecule has 1 N–H and O–H groups in total. The molecule has 58 heavy (non-hydrogen) atoms. The van der Waals surface area contributed by atoms with E-state index in [9.17, 15) is 0 Å². The van der Waals surface area contributed by atoms with Gasteiger partial charge >= 0.3 is 0 Å². The van der Waals surface area contributed by atoms with E-state index in [1.807, 2.05) is 0 Å². The summed E-state index contributed by atoms with van der Waals surface area (Å²) in [5.41, 5.74) is 16.7.